The summed E-state index contributed by atoms with van der Waals surface area (Å²) in [5.41, 5.74) is 8.17. The lowest BCUT2D eigenvalue weighted by Crippen LogP contribution is -2.52. The van der Waals surface area contributed by atoms with Crippen LogP contribution in [0, 0.1) is 0 Å². The summed E-state index contributed by atoms with van der Waals surface area (Å²) in [6, 6.07) is 29.8. The lowest BCUT2D eigenvalue weighted by molar-refractivity contribution is -0.123. The molecule has 0 aliphatic carbocycles. The highest BCUT2D eigenvalue weighted by atomic mass is 32.2. The molecule has 0 bridgehead atoms. The van der Waals surface area contributed by atoms with Crippen LogP contribution in [-0.2, 0) is 17.6 Å². The molecule has 41 heavy (non-hydrogen) atoms. The summed E-state index contributed by atoms with van der Waals surface area (Å²) in [4.78, 5) is 27.3. The molecule has 0 radical (unpaired) electrons. The molecule has 0 heterocycles. The second kappa shape index (κ2) is 13.8. The fraction of sp³-hybridized carbons (Fsp3) is 0.294. The van der Waals surface area contributed by atoms with Gasteiger partial charge in [0, 0.05) is 28.2 Å². The minimum Gasteiger partial charge on any atom is -0.391 e. The quantitative estimate of drug-likeness (QED) is 0.188. The van der Waals surface area contributed by atoms with Gasteiger partial charge < -0.3 is 21.5 Å². The molecule has 0 unspecified atom stereocenters. The standard InChI is InChI=1S/C34H39N3O3S/c1-34(2,3)37-32(39)27-18-10-8-15-25(27)21-30(38)29(20-23-12-5-4-6-13-23)36-33(40)28(35)22-41-31-19-11-16-24-14-7-9-17-26(24)31/h4-19,28-30,38H,20-22,35H2,1-3H3,(H,36,40)(H,37,39)/t28-,29+,30-/m1/s1. The van der Waals surface area contributed by atoms with E-state index in [-0.39, 0.29) is 18.2 Å². The van der Waals surface area contributed by atoms with Gasteiger partial charge in [-0.2, -0.15) is 0 Å². The third-order valence-electron chi connectivity index (χ3n) is 6.77. The summed E-state index contributed by atoms with van der Waals surface area (Å²) < 4.78 is 0. The zero-order valence-corrected chi connectivity index (χ0v) is 24.7. The first-order valence-electron chi connectivity index (χ1n) is 13.9. The van der Waals surface area contributed by atoms with Gasteiger partial charge in [0.1, 0.15) is 0 Å². The largest absolute Gasteiger partial charge is 0.391 e. The number of rotatable bonds is 11. The molecule has 0 fully saturated rings. The molecular weight excluding hydrogens is 530 g/mol. The van der Waals surface area contributed by atoms with E-state index in [0.717, 1.165) is 21.2 Å². The number of nitrogens with two attached hydrogens (primary N) is 1. The second-order valence-electron chi connectivity index (χ2n) is 11.3. The van der Waals surface area contributed by atoms with Gasteiger partial charge in [-0.25, -0.2) is 0 Å². The van der Waals surface area contributed by atoms with Gasteiger partial charge in [0.2, 0.25) is 5.91 Å². The minimum absolute atomic E-state index is 0.198. The lowest BCUT2D eigenvalue weighted by atomic mass is 9.93. The lowest BCUT2D eigenvalue weighted by Gasteiger charge is -2.27. The molecular formula is C34H39N3O3S. The van der Waals surface area contributed by atoms with Crippen molar-refractivity contribution in [3.05, 3.63) is 114 Å². The Bertz CT molecular complexity index is 1460. The number of fused-ring (bicyclic) bond motifs is 1. The van der Waals surface area contributed by atoms with E-state index >= 15 is 0 Å². The van der Waals surface area contributed by atoms with Crippen molar-refractivity contribution in [1.82, 2.24) is 10.6 Å². The number of aliphatic hydroxyl groups excluding tert-OH is 1. The van der Waals surface area contributed by atoms with Crippen LogP contribution in [0.3, 0.4) is 0 Å². The highest BCUT2D eigenvalue weighted by molar-refractivity contribution is 7.99. The van der Waals surface area contributed by atoms with Gasteiger partial charge in [0.15, 0.2) is 0 Å². The minimum atomic E-state index is -0.944. The Kier molecular flexibility index (Phi) is 10.2. The predicted octanol–water partition coefficient (Wildman–Crippen LogP) is 5.12. The first kappa shape index (κ1) is 30.3. The molecule has 214 valence electrons. The average Bonchev–Trinajstić information content (AvgIpc) is 2.95. The highest BCUT2D eigenvalue weighted by Crippen LogP contribution is 2.28. The van der Waals surface area contributed by atoms with Crippen LogP contribution in [0.4, 0.5) is 0 Å². The number of carbonyl (C=O) groups is 2. The molecule has 2 amide bonds. The van der Waals surface area contributed by atoms with E-state index in [1.165, 1.54) is 0 Å². The molecule has 0 saturated heterocycles. The molecule has 4 aromatic rings. The van der Waals surface area contributed by atoms with Crippen LogP contribution >= 0.6 is 11.8 Å². The smallest absolute Gasteiger partial charge is 0.251 e. The van der Waals surface area contributed by atoms with Crippen LogP contribution in [-0.4, -0.2) is 46.4 Å². The number of thioether (sulfide) groups is 1. The van der Waals surface area contributed by atoms with Crippen molar-refractivity contribution in [2.24, 2.45) is 5.73 Å². The summed E-state index contributed by atoms with van der Waals surface area (Å²) in [5.74, 6) is -0.128. The fourth-order valence-corrected chi connectivity index (χ4v) is 5.74. The number of amides is 2. The molecule has 0 aromatic heterocycles. The normalized spacial score (nSPS) is 13.8. The number of nitrogens with one attached hydrogen (secondary N) is 2. The fourth-order valence-electron chi connectivity index (χ4n) is 4.71. The van der Waals surface area contributed by atoms with Crippen LogP contribution in [0.25, 0.3) is 10.8 Å². The zero-order chi connectivity index (χ0) is 29.4. The van der Waals surface area contributed by atoms with Crippen molar-refractivity contribution >= 4 is 34.3 Å². The molecule has 6 nitrogen and oxygen atoms in total. The van der Waals surface area contributed by atoms with Gasteiger partial charge >= 0.3 is 0 Å². The maximum absolute atomic E-state index is 13.3. The molecule has 0 aliphatic rings. The second-order valence-corrected chi connectivity index (χ2v) is 12.4. The van der Waals surface area contributed by atoms with Gasteiger partial charge in [-0.15, -0.1) is 11.8 Å². The van der Waals surface area contributed by atoms with Crippen LogP contribution in [0.5, 0.6) is 0 Å². The van der Waals surface area contributed by atoms with E-state index in [1.807, 2.05) is 93.6 Å². The number of benzene rings is 4. The summed E-state index contributed by atoms with van der Waals surface area (Å²) in [6.45, 7) is 5.78. The topological polar surface area (TPSA) is 104 Å². The van der Waals surface area contributed by atoms with Gasteiger partial charge in [-0.1, -0.05) is 84.9 Å². The molecule has 5 N–H and O–H groups in total. The Morgan fingerprint density at radius 3 is 2.27 bits per heavy atom. The first-order chi connectivity index (χ1) is 19.6. The van der Waals surface area contributed by atoms with Crippen LogP contribution in [0.15, 0.2) is 102 Å². The van der Waals surface area contributed by atoms with Crippen LogP contribution < -0.4 is 16.4 Å². The summed E-state index contributed by atoms with van der Waals surface area (Å²) in [6.07, 6.45) is -0.320. The van der Waals surface area contributed by atoms with Crippen LogP contribution in [0.1, 0.15) is 42.3 Å². The monoisotopic (exact) mass is 569 g/mol. The average molecular weight is 570 g/mol. The first-order valence-corrected chi connectivity index (χ1v) is 14.9. The van der Waals surface area contributed by atoms with Crippen LogP contribution in [0.2, 0.25) is 0 Å². The Morgan fingerprint density at radius 1 is 0.854 bits per heavy atom. The molecule has 0 saturated carbocycles. The SMILES string of the molecule is CC(C)(C)NC(=O)c1ccccc1C[C@@H](O)[C@H](Cc1ccccc1)NC(=O)[C@H](N)CSc1cccc2ccccc12. The van der Waals surface area contributed by atoms with E-state index in [1.54, 1.807) is 17.8 Å². The van der Waals surface area contributed by atoms with Gasteiger partial charge in [0.25, 0.3) is 5.91 Å². The number of hydrogen-bond acceptors (Lipinski definition) is 5. The van der Waals surface area contributed by atoms with E-state index < -0.39 is 23.7 Å². The van der Waals surface area contributed by atoms with E-state index in [4.69, 9.17) is 5.73 Å². The molecule has 4 rings (SSSR count). The Hall–Kier alpha value is -3.65. The van der Waals surface area contributed by atoms with Crippen molar-refractivity contribution in [1.29, 1.82) is 0 Å². The van der Waals surface area contributed by atoms with Crippen molar-refractivity contribution < 1.29 is 14.7 Å². The highest BCUT2D eigenvalue weighted by Gasteiger charge is 2.27. The summed E-state index contributed by atoms with van der Waals surface area (Å²) in [7, 11) is 0. The maximum atomic E-state index is 13.3. The third kappa shape index (κ3) is 8.67. The van der Waals surface area contributed by atoms with Crippen molar-refractivity contribution in [2.45, 2.75) is 62.2 Å². The molecule has 0 aliphatic heterocycles. The summed E-state index contributed by atoms with van der Waals surface area (Å²) >= 11 is 1.55. The van der Waals surface area contributed by atoms with E-state index in [9.17, 15) is 14.7 Å². The molecule has 7 heteroatoms. The maximum Gasteiger partial charge on any atom is 0.251 e. The molecule has 0 spiro atoms. The molecule has 4 aromatic carbocycles. The van der Waals surface area contributed by atoms with Crippen molar-refractivity contribution in [3.63, 3.8) is 0 Å². The number of carbonyl (C=O) groups excluding carboxylic acids is 2. The van der Waals surface area contributed by atoms with E-state index in [2.05, 4.69) is 28.8 Å². The van der Waals surface area contributed by atoms with Crippen molar-refractivity contribution in [2.75, 3.05) is 5.75 Å². The van der Waals surface area contributed by atoms with Crippen molar-refractivity contribution in [3.8, 4) is 0 Å². The Morgan fingerprint density at radius 2 is 1.51 bits per heavy atom. The Balaban J connectivity index is 1.48. The number of aliphatic hydroxyl groups is 1. The van der Waals surface area contributed by atoms with Gasteiger partial charge in [-0.3, -0.25) is 9.59 Å². The predicted molar refractivity (Wildman–Crippen MR) is 168 cm³/mol. The zero-order valence-electron chi connectivity index (χ0n) is 23.8. The molecule has 3 atom stereocenters. The third-order valence-corrected chi connectivity index (χ3v) is 7.97. The van der Waals surface area contributed by atoms with Gasteiger partial charge in [0.05, 0.1) is 18.2 Å². The van der Waals surface area contributed by atoms with Gasteiger partial charge in [-0.05, 0) is 61.2 Å². The summed E-state index contributed by atoms with van der Waals surface area (Å²) in [5, 5.41) is 19.7. The number of hydrogen-bond donors (Lipinski definition) is 4. The van der Waals surface area contributed by atoms with E-state index in [0.29, 0.717) is 23.3 Å². The Labute approximate surface area is 246 Å².